The van der Waals surface area contributed by atoms with Crippen LogP contribution in [-0.4, -0.2) is 37.9 Å². The van der Waals surface area contributed by atoms with Crippen LogP contribution in [0.5, 0.6) is 0 Å². The normalized spacial score (nSPS) is 13.1. The minimum atomic E-state index is -0.581. The van der Waals surface area contributed by atoms with Crippen molar-refractivity contribution in [2.45, 2.75) is 245 Å². The standard InChI is InChI=1S/C61H102O5/c1-4-7-10-13-16-19-22-25-27-29-31-32-34-37-39-42-45-48-51-54-60(62)65-58-59(66-61(63)55-52-49-46-43-40-36-24-21-18-15-12-9-6-3)57-64-56-53-50-47-44-41-38-35-33-30-28-26-23-20-17-14-11-8-5-2/h7,10,16-17,19-21,24-28,31-32,37,39,45,48,59H,4-6,8-9,11-15,18,22-23,29-30,33-36,38,40-44,46-47,49-58H2,1-3H3/b10-7-,19-16-,20-17-,24-21-,27-25-,28-26-,32-31-,39-37-,48-45-. The maximum absolute atomic E-state index is 12.8. The van der Waals surface area contributed by atoms with Gasteiger partial charge in [-0.2, -0.15) is 0 Å². The number of allylic oxidation sites excluding steroid dienone is 18. The number of hydrogen-bond donors (Lipinski definition) is 0. The molecule has 0 amide bonds. The quantitative estimate of drug-likeness (QED) is 0.0346. The molecule has 5 heteroatoms. The molecule has 66 heavy (non-hydrogen) atoms. The Bertz CT molecular complexity index is 1310. The minimum Gasteiger partial charge on any atom is -0.462 e. The summed E-state index contributed by atoms with van der Waals surface area (Å²) in [6, 6.07) is 0. The van der Waals surface area contributed by atoms with Gasteiger partial charge in [0.05, 0.1) is 6.61 Å². The number of esters is 2. The fourth-order valence-electron chi connectivity index (χ4n) is 7.21. The average Bonchev–Trinajstić information content (AvgIpc) is 3.32. The zero-order valence-corrected chi connectivity index (χ0v) is 43.2. The molecule has 0 saturated heterocycles. The zero-order chi connectivity index (χ0) is 47.7. The fraction of sp³-hybridized carbons (Fsp3) is 0.672. The molecular weight excluding hydrogens is 813 g/mol. The molecule has 0 radical (unpaired) electrons. The van der Waals surface area contributed by atoms with Crippen LogP contribution in [0.3, 0.4) is 0 Å². The van der Waals surface area contributed by atoms with Crippen molar-refractivity contribution in [3.8, 4) is 0 Å². The first-order valence-corrected chi connectivity index (χ1v) is 27.4. The van der Waals surface area contributed by atoms with Crippen LogP contribution in [0.4, 0.5) is 0 Å². The van der Waals surface area contributed by atoms with Gasteiger partial charge in [0.1, 0.15) is 6.61 Å². The largest absolute Gasteiger partial charge is 0.462 e. The first-order valence-electron chi connectivity index (χ1n) is 27.4. The third-order valence-corrected chi connectivity index (χ3v) is 11.3. The summed E-state index contributed by atoms with van der Waals surface area (Å²) in [5.74, 6) is -0.510. The van der Waals surface area contributed by atoms with E-state index in [4.69, 9.17) is 14.2 Å². The van der Waals surface area contributed by atoms with Crippen LogP contribution in [0, 0.1) is 0 Å². The Labute approximate surface area is 408 Å². The van der Waals surface area contributed by atoms with Crippen molar-refractivity contribution in [1.29, 1.82) is 0 Å². The molecule has 0 heterocycles. The van der Waals surface area contributed by atoms with Gasteiger partial charge in [0.25, 0.3) is 0 Å². The van der Waals surface area contributed by atoms with E-state index in [1.807, 2.05) is 6.08 Å². The molecule has 0 fully saturated rings. The van der Waals surface area contributed by atoms with Crippen LogP contribution in [-0.2, 0) is 23.8 Å². The highest BCUT2D eigenvalue weighted by atomic mass is 16.6. The van der Waals surface area contributed by atoms with Crippen molar-refractivity contribution in [3.05, 3.63) is 109 Å². The number of carbonyl (C=O) groups is 2. The Morgan fingerprint density at radius 1 is 0.348 bits per heavy atom. The summed E-state index contributed by atoms with van der Waals surface area (Å²) in [6.07, 6.45) is 76.8. The van der Waals surface area contributed by atoms with Gasteiger partial charge in [-0.1, -0.05) is 220 Å². The van der Waals surface area contributed by atoms with E-state index in [0.717, 1.165) is 83.5 Å². The lowest BCUT2D eigenvalue weighted by Crippen LogP contribution is -2.30. The van der Waals surface area contributed by atoms with Crippen molar-refractivity contribution in [3.63, 3.8) is 0 Å². The van der Waals surface area contributed by atoms with Crippen LogP contribution >= 0.6 is 0 Å². The van der Waals surface area contributed by atoms with E-state index in [1.165, 1.54) is 116 Å². The summed E-state index contributed by atoms with van der Waals surface area (Å²) >= 11 is 0. The van der Waals surface area contributed by atoms with Gasteiger partial charge in [0, 0.05) is 19.4 Å². The van der Waals surface area contributed by atoms with E-state index in [-0.39, 0.29) is 25.2 Å². The van der Waals surface area contributed by atoms with Gasteiger partial charge < -0.3 is 14.2 Å². The summed E-state index contributed by atoms with van der Waals surface area (Å²) in [5, 5.41) is 0. The molecule has 5 nitrogen and oxygen atoms in total. The molecule has 0 rings (SSSR count). The Morgan fingerprint density at radius 3 is 1.20 bits per heavy atom. The number of rotatable bonds is 49. The van der Waals surface area contributed by atoms with Crippen molar-refractivity contribution in [2.24, 2.45) is 0 Å². The van der Waals surface area contributed by atoms with Gasteiger partial charge in [0.2, 0.25) is 0 Å². The lowest BCUT2D eigenvalue weighted by molar-refractivity contribution is -0.162. The third kappa shape index (κ3) is 53.2. The molecular formula is C61H102O5. The maximum Gasteiger partial charge on any atom is 0.306 e. The first-order chi connectivity index (χ1) is 32.6. The summed E-state index contributed by atoms with van der Waals surface area (Å²) in [7, 11) is 0. The summed E-state index contributed by atoms with van der Waals surface area (Å²) in [6.45, 7) is 7.57. The predicted molar refractivity (Wildman–Crippen MR) is 288 cm³/mol. The molecule has 376 valence electrons. The summed E-state index contributed by atoms with van der Waals surface area (Å²) in [4.78, 5) is 25.4. The number of unbranched alkanes of at least 4 members (excludes halogenated alkanes) is 20. The van der Waals surface area contributed by atoms with E-state index < -0.39 is 6.10 Å². The van der Waals surface area contributed by atoms with Gasteiger partial charge in [-0.3, -0.25) is 9.59 Å². The van der Waals surface area contributed by atoms with Crippen molar-refractivity contribution in [1.82, 2.24) is 0 Å². The zero-order valence-electron chi connectivity index (χ0n) is 43.2. The topological polar surface area (TPSA) is 61.8 Å². The number of carbonyl (C=O) groups excluding carboxylic acids is 2. The van der Waals surface area contributed by atoms with Gasteiger partial charge in [0.15, 0.2) is 6.10 Å². The second kappa shape index (κ2) is 55.9. The smallest absolute Gasteiger partial charge is 0.306 e. The van der Waals surface area contributed by atoms with E-state index >= 15 is 0 Å². The number of hydrogen-bond acceptors (Lipinski definition) is 5. The second-order valence-electron chi connectivity index (χ2n) is 17.7. The van der Waals surface area contributed by atoms with Gasteiger partial charge in [-0.05, 0) is 116 Å². The highest BCUT2D eigenvalue weighted by Gasteiger charge is 2.17. The molecule has 1 atom stereocenters. The lowest BCUT2D eigenvalue weighted by atomic mass is 10.1. The van der Waals surface area contributed by atoms with E-state index in [9.17, 15) is 9.59 Å². The van der Waals surface area contributed by atoms with Crippen molar-refractivity contribution < 1.29 is 23.8 Å². The Kier molecular flexibility index (Phi) is 53.0. The lowest BCUT2D eigenvalue weighted by Gasteiger charge is -2.18. The molecule has 0 aromatic carbocycles. The monoisotopic (exact) mass is 915 g/mol. The predicted octanol–water partition coefficient (Wildman–Crippen LogP) is 18.8. The van der Waals surface area contributed by atoms with E-state index in [0.29, 0.717) is 25.9 Å². The van der Waals surface area contributed by atoms with E-state index in [2.05, 4.69) is 124 Å². The molecule has 0 aliphatic rings. The summed E-state index contributed by atoms with van der Waals surface area (Å²) < 4.78 is 17.4. The molecule has 0 saturated carbocycles. The van der Waals surface area contributed by atoms with Crippen molar-refractivity contribution in [2.75, 3.05) is 19.8 Å². The highest BCUT2D eigenvalue weighted by Crippen LogP contribution is 2.13. The average molecular weight is 915 g/mol. The van der Waals surface area contributed by atoms with Crippen LogP contribution in [0.15, 0.2) is 109 Å². The van der Waals surface area contributed by atoms with Crippen LogP contribution < -0.4 is 0 Å². The van der Waals surface area contributed by atoms with Crippen molar-refractivity contribution >= 4 is 11.9 Å². The maximum atomic E-state index is 12.8. The molecule has 1 unspecified atom stereocenters. The SMILES string of the molecule is CC/C=C\C/C=C\C/C=C\C/C=C\C/C=C\C/C=C\CCC(=O)OCC(COCCCCCCCCCC/C=C\C/C=C\CCCCC)OC(=O)CCCCCCC/C=C\CCCCCC. The van der Waals surface area contributed by atoms with Crippen LogP contribution in [0.2, 0.25) is 0 Å². The molecule has 0 N–H and O–H groups in total. The summed E-state index contributed by atoms with van der Waals surface area (Å²) in [5.41, 5.74) is 0. The minimum absolute atomic E-state index is 0.0341. The molecule has 0 aromatic heterocycles. The molecule has 0 aromatic rings. The number of ether oxygens (including phenoxy) is 3. The van der Waals surface area contributed by atoms with E-state index in [1.54, 1.807) is 0 Å². The van der Waals surface area contributed by atoms with Gasteiger partial charge >= 0.3 is 11.9 Å². The fourth-order valence-corrected chi connectivity index (χ4v) is 7.21. The van der Waals surface area contributed by atoms with Crippen LogP contribution in [0.1, 0.15) is 239 Å². The first kappa shape index (κ1) is 62.6. The van der Waals surface area contributed by atoms with Gasteiger partial charge in [-0.25, -0.2) is 0 Å². The Morgan fingerprint density at radius 2 is 0.712 bits per heavy atom. The Balaban J connectivity index is 4.40. The van der Waals surface area contributed by atoms with Crippen LogP contribution in [0.25, 0.3) is 0 Å². The second-order valence-corrected chi connectivity index (χ2v) is 17.7. The molecule has 0 spiro atoms. The van der Waals surface area contributed by atoms with Gasteiger partial charge in [-0.15, -0.1) is 0 Å². The highest BCUT2D eigenvalue weighted by molar-refractivity contribution is 5.70. The molecule has 0 aliphatic heterocycles. The third-order valence-electron chi connectivity index (χ3n) is 11.3. The molecule has 0 aliphatic carbocycles. The molecule has 0 bridgehead atoms. The Hall–Kier alpha value is -3.44.